The van der Waals surface area contributed by atoms with Crippen LogP contribution in [0.3, 0.4) is 0 Å². The monoisotopic (exact) mass is 277 g/mol. The highest BCUT2D eigenvalue weighted by atomic mass is 35.5. The van der Waals surface area contributed by atoms with Crippen LogP contribution >= 0.6 is 22.9 Å². The normalized spacial score (nSPS) is 20.4. The third-order valence-corrected chi connectivity index (χ3v) is 4.34. The molecule has 90 valence electrons. The number of carbonyl (C=O) groups excluding carboxylic acids is 1. The van der Waals surface area contributed by atoms with Crippen LogP contribution in [0, 0.1) is 0 Å². The molecule has 0 aliphatic heterocycles. The molecule has 0 bridgehead atoms. The molecule has 0 spiro atoms. The first-order chi connectivity index (χ1) is 8.74. The second kappa shape index (κ2) is 4.23. The Labute approximate surface area is 112 Å². The average molecular weight is 278 g/mol. The van der Waals surface area contributed by atoms with Crippen molar-refractivity contribution in [1.29, 1.82) is 0 Å². The quantitative estimate of drug-likeness (QED) is 0.493. The fourth-order valence-electron chi connectivity index (χ4n) is 2.08. The lowest BCUT2D eigenvalue weighted by Crippen LogP contribution is -2.15. The summed E-state index contributed by atoms with van der Waals surface area (Å²) in [4.78, 5) is 12.8. The van der Waals surface area contributed by atoms with Gasteiger partial charge < -0.3 is 5.21 Å². The van der Waals surface area contributed by atoms with Gasteiger partial charge in [-0.05, 0) is 5.56 Å². The summed E-state index contributed by atoms with van der Waals surface area (Å²) in [6.07, 6.45) is 0. The van der Waals surface area contributed by atoms with E-state index in [1.54, 1.807) is 0 Å². The molecule has 1 aromatic carbocycles. The van der Waals surface area contributed by atoms with Gasteiger partial charge in [0.25, 0.3) is 0 Å². The average Bonchev–Trinajstić information content (AvgIpc) is 2.92. The first kappa shape index (κ1) is 11.4. The maximum Gasteiger partial charge on any atom is 0.189 e. The van der Waals surface area contributed by atoms with Crippen molar-refractivity contribution in [2.24, 2.45) is 5.16 Å². The highest BCUT2D eigenvalue weighted by molar-refractivity contribution is 7.14. The van der Waals surface area contributed by atoms with E-state index in [4.69, 9.17) is 16.8 Å². The van der Waals surface area contributed by atoms with Gasteiger partial charge in [-0.25, -0.2) is 0 Å². The summed E-state index contributed by atoms with van der Waals surface area (Å²) in [7, 11) is 0. The second-order valence-corrected chi connectivity index (χ2v) is 5.25. The molecule has 1 aliphatic rings. The molecule has 5 heteroatoms. The van der Waals surface area contributed by atoms with E-state index in [2.05, 4.69) is 5.16 Å². The molecule has 2 aromatic rings. The number of rotatable bonds is 1. The number of ketones is 1. The van der Waals surface area contributed by atoms with Crippen molar-refractivity contribution in [1.82, 2.24) is 0 Å². The maximum atomic E-state index is 12.1. The van der Waals surface area contributed by atoms with Crippen LogP contribution in [-0.2, 0) is 0 Å². The summed E-state index contributed by atoms with van der Waals surface area (Å²) in [5, 5.41) is 13.1. The Morgan fingerprint density at radius 1 is 1.28 bits per heavy atom. The SMILES string of the molecule is O=C1c2c(-c3ccccc3)csc2C(=NO)C1Cl. The van der Waals surface area contributed by atoms with Crippen molar-refractivity contribution in [2.75, 3.05) is 0 Å². The Kier molecular flexibility index (Phi) is 2.69. The smallest absolute Gasteiger partial charge is 0.189 e. The molecule has 1 atom stereocenters. The van der Waals surface area contributed by atoms with Crippen LogP contribution in [0.15, 0.2) is 40.9 Å². The number of thiophene rings is 1. The number of halogens is 1. The van der Waals surface area contributed by atoms with Crippen molar-refractivity contribution < 1.29 is 10.0 Å². The van der Waals surface area contributed by atoms with Gasteiger partial charge in [0.2, 0.25) is 0 Å². The predicted octanol–water partition coefficient (Wildman–Crippen LogP) is 3.40. The van der Waals surface area contributed by atoms with E-state index in [1.807, 2.05) is 35.7 Å². The predicted molar refractivity (Wildman–Crippen MR) is 72.1 cm³/mol. The van der Waals surface area contributed by atoms with Gasteiger partial charge in [0, 0.05) is 16.5 Å². The number of hydrogen-bond acceptors (Lipinski definition) is 4. The standard InChI is InChI=1S/C13H8ClNO2S/c14-10-11(15-17)13-9(12(10)16)8(6-18-13)7-4-2-1-3-5-7/h1-6,10,17H. The highest BCUT2D eigenvalue weighted by Gasteiger charge is 2.39. The first-order valence-electron chi connectivity index (χ1n) is 5.31. The van der Waals surface area contributed by atoms with Crippen LogP contribution in [0.5, 0.6) is 0 Å². The first-order valence-corrected chi connectivity index (χ1v) is 6.63. The Hall–Kier alpha value is -1.65. The molecular weight excluding hydrogens is 270 g/mol. The third-order valence-electron chi connectivity index (χ3n) is 2.93. The number of benzene rings is 1. The lowest BCUT2D eigenvalue weighted by atomic mass is 10.0. The molecule has 3 nitrogen and oxygen atoms in total. The summed E-state index contributed by atoms with van der Waals surface area (Å²) < 4.78 is 0. The molecule has 1 aromatic heterocycles. The molecular formula is C13H8ClNO2S. The van der Waals surface area contributed by atoms with E-state index in [9.17, 15) is 4.79 Å². The molecule has 1 unspecified atom stereocenters. The van der Waals surface area contributed by atoms with Crippen molar-refractivity contribution in [3.05, 3.63) is 46.2 Å². The summed E-state index contributed by atoms with van der Waals surface area (Å²) in [6.45, 7) is 0. The van der Waals surface area contributed by atoms with Gasteiger partial charge in [-0.15, -0.1) is 22.9 Å². The number of hydrogen-bond donors (Lipinski definition) is 1. The molecule has 0 fully saturated rings. The summed E-state index contributed by atoms with van der Waals surface area (Å²) >= 11 is 7.34. The fourth-order valence-corrected chi connectivity index (χ4v) is 3.51. The molecule has 1 heterocycles. The Bertz CT molecular complexity index is 648. The summed E-state index contributed by atoms with van der Waals surface area (Å²) in [5.74, 6) is -0.195. The number of carbonyl (C=O) groups is 1. The molecule has 18 heavy (non-hydrogen) atoms. The van der Waals surface area contributed by atoms with Crippen molar-refractivity contribution in [3.63, 3.8) is 0 Å². The largest absolute Gasteiger partial charge is 0.411 e. The van der Waals surface area contributed by atoms with Gasteiger partial charge >= 0.3 is 0 Å². The summed E-state index contributed by atoms with van der Waals surface area (Å²) in [6, 6.07) is 9.62. The van der Waals surface area contributed by atoms with Gasteiger partial charge in [-0.3, -0.25) is 4.79 Å². The van der Waals surface area contributed by atoms with Crippen molar-refractivity contribution in [3.8, 4) is 11.1 Å². The number of nitrogens with zero attached hydrogens (tertiary/aromatic N) is 1. The van der Waals surface area contributed by atoms with Crippen LogP contribution in [0.4, 0.5) is 0 Å². The van der Waals surface area contributed by atoms with Crippen molar-refractivity contribution >= 4 is 34.4 Å². The lowest BCUT2D eigenvalue weighted by Gasteiger charge is -2.01. The zero-order valence-corrected chi connectivity index (χ0v) is 10.7. The van der Waals surface area contributed by atoms with E-state index in [0.717, 1.165) is 11.1 Å². The summed E-state index contributed by atoms with van der Waals surface area (Å²) in [5.41, 5.74) is 2.64. The number of Topliss-reactive ketones (excluding diaryl/α,β-unsaturated/α-hetero) is 1. The Balaban J connectivity index is 2.22. The van der Waals surface area contributed by atoms with Crippen LogP contribution in [0.1, 0.15) is 15.2 Å². The lowest BCUT2D eigenvalue weighted by molar-refractivity contribution is 0.101. The molecule has 0 radical (unpaired) electrons. The van der Waals surface area contributed by atoms with Crippen LogP contribution in [0.2, 0.25) is 0 Å². The zero-order chi connectivity index (χ0) is 12.7. The van der Waals surface area contributed by atoms with Gasteiger partial charge in [0.15, 0.2) is 5.78 Å². The van der Waals surface area contributed by atoms with E-state index < -0.39 is 5.38 Å². The van der Waals surface area contributed by atoms with E-state index in [-0.39, 0.29) is 11.5 Å². The zero-order valence-electron chi connectivity index (χ0n) is 9.13. The fraction of sp³-hybridized carbons (Fsp3) is 0.0769. The second-order valence-electron chi connectivity index (χ2n) is 3.93. The van der Waals surface area contributed by atoms with E-state index >= 15 is 0 Å². The Morgan fingerprint density at radius 2 is 2.00 bits per heavy atom. The maximum absolute atomic E-state index is 12.1. The highest BCUT2D eigenvalue weighted by Crippen LogP contribution is 2.39. The van der Waals surface area contributed by atoms with Gasteiger partial charge in [0.05, 0.1) is 4.88 Å². The van der Waals surface area contributed by atoms with Gasteiger partial charge in [-0.1, -0.05) is 35.5 Å². The molecule has 1 N–H and O–H groups in total. The molecule has 0 saturated heterocycles. The minimum absolute atomic E-state index is 0.195. The number of alkyl halides is 1. The Morgan fingerprint density at radius 3 is 2.67 bits per heavy atom. The minimum Gasteiger partial charge on any atom is -0.411 e. The van der Waals surface area contributed by atoms with Crippen LogP contribution < -0.4 is 0 Å². The van der Waals surface area contributed by atoms with Crippen molar-refractivity contribution in [2.45, 2.75) is 5.38 Å². The van der Waals surface area contributed by atoms with Crippen LogP contribution in [0.25, 0.3) is 11.1 Å². The van der Waals surface area contributed by atoms with E-state index in [1.165, 1.54) is 11.3 Å². The molecule has 1 aliphatic carbocycles. The van der Waals surface area contributed by atoms with Crippen LogP contribution in [-0.4, -0.2) is 22.1 Å². The number of oxime groups is 1. The van der Waals surface area contributed by atoms with Gasteiger partial charge in [0.1, 0.15) is 11.1 Å². The number of fused-ring (bicyclic) bond motifs is 1. The molecule has 3 rings (SSSR count). The molecule has 0 saturated carbocycles. The third kappa shape index (κ3) is 1.50. The topological polar surface area (TPSA) is 49.7 Å². The van der Waals surface area contributed by atoms with E-state index in [0.29, 0.717) is 10.4 Å². The minimum atomic E-state index is -0.875. The van der Waals surface area contributed by atoms with Gasteiger partial charge in [-0.2, -0.15) is 0 Å². The molecule has 0 amide bonds.